The maximum atomic E-state index is 12.6. The summed E-state index contributed by atoms with van der Waals surface area (Å²) in [4.78, 5) is 40.3. The van der Waals surface area contributed by atoms with Crippen LogP contribution in [0, 0.1) is 0 Å². The first-order chi connectivity index (χ1) is 12.5. The zero-order valence-corrected chi connectivity index (χ0v) is 14.9. The zero-order valence-electron chi connectivity index (χ0n) is 14.9. The number of anilines is 2. The fourth-order valence-corrected chi connectivity index (χ4v) is 3.05. The van der Waals surface area contributed by atoms with E-state index in [1.54, 1.807) is 31.3 Å². The monoisotopic (exact) mass is 351 g/mol. The summed E-state index contributed by atoms with van der Waals surface area (Å²) in [5.74, 6) is -0.816. The third-order valence-corrected chi connectivity index (χ3v) is 4.42. The quantitative estimate of drug-likeness (QED) is 0.919. The molecule has 3 rings (SSSR count). The van der Waals surface area contributed by atoms with E-state index in [-0.39, 0.29) is 30.8 Å². The number of carbonyl (C=O) groups excluding carboxylic acids is 3. The SMILES string of the molecule is CCc1ccccc1NC(=O)CN1C(=O)CN(C)C(=O)c2ccccc21. The number of benzene rings is 2. The van der Waals surface area contributed by atoms with Crippen LogP contribution < -0.4 is 10.2 Å². The summed E-state index contributed by atoms with van der Waals surface area (Å²) in [5.41, 5.74) is 2.65. The number of amides is 3. The van der Waals surface area contributed by atoms with E-state index in [0.717, 1.165) is 17.7 Å². The molecule has 0 bridgehead atoms. The second-order valence-electron chi connectivity index (χ2n) is 6.22. The predicted octanol–water partition coefficient (Wildman–Crippen LogP) is 2.31. The molecular weight excluding hydrogens is 330 g/mol. The lowest BCUT2D eigenvalue weighted by atomic mass is 10.1. The zero-order chi connectivity index (χ0) is 18.7. The second kappa shape index (κ2) is 7.39. The van der Waals surface area contributed by atoms with Gasteiger partial charge in [-0.2, -0.15) is 0 Å². The lowest BCUT2D eigenvalue weighted by Gasteiger charge is -2.22. The smallest absolute Gasteiger partial charge is 0.256 e. The first kappa shape index (κ1) is 17.7. The maximum absolute atomic E-state index is 12.6. The largest absolute Gasteiger partial charge is 0.332 e. The number of likely N-dealkylation sites (N-methyl/N-ethyl adjacent to an activating group) is 1. The van der Waals surface area contributed by atoms with Crippen LogP contribution in [-0.4, -0.2) is 42.8 Å². The fourth-order valence-electron chi connectivity index (χ4n) is 3.05. The molecule has 134 valence electrons. The summed E-state index contributed by atoms with van der Waals surface area (Å²) in [7, 11) is 1.58. The van der Waals surface area contributed by atoms with Gasteiger partial charge in [-0.15, -0.1) is 0 Å². The van der Waals surface area contributed by atoms with Crippen LogP contribution >= 0.6 is 0 Å². The Bertz CT molecular complexity index is 863. The summed E-state index contributed by atoms with van der Waals surface area (Å²) in [6, 6.07) is 14.4. The number of nitrogens with one attached hydrogen (secondary N) is 1. The average Bonchev–Trinajstić information content (AvgIpc) is 2.73. The molecule has 6 heteroatoms. The van der Waals surface area contributed by atoms with Crippen molar-refractivity contribution in [3.63, 3.8) is 0 Å². The molecule has 0 atom stereocenters. The van der Waals surface area contributed by atoms with Crippen LogP contribution in [0.3, 0.4) is 0 Å². The van der Waals surface area contributed by atoms with Crippen molar-refractivity contribution >= 4 is 29.1 Å². The van der Waals surface area contributed by atoms with Crippen LogP contribution in [0.5, 0.6) is 0 Å². The number of fused-ring (bicyclic) bond motifs is 1. The van der Waals surface area contributed by atoms with Crippen molar-refractivity contribution in [2.24, 2.45) is 0 Å². The van der Waals surface area contributed by atoms with Crippen molar-refractivity contribution in [3.8, 4) is 0 Å². The Morgan fingerprint density at radius 1 is 1.08 bits per heavy atom. The molecule has 0 aromatic heterocycles. The number of para-hydroxylation sites is 2. The molecule has 1 N–H and O–H groups in total. The number of hydrogen-bond acceptors (Lipinski definition) is 3. The van der Waals surface area contributed by atoms with Crippen LogP contribution in [-0.2, 0) is 16.0 Å². The highest BCUT2D eigenvalue weighted by atomic mass is 16.2. The standard InChI is InChI=1S/C20H21N3O3/c1-3-14-8-4-6-10-16(14)21-18(24)12-23-17-11-7-5-9-15(17)20(26)22(2)13-19(23)25/h4-11H,3,12-13H2,1-2H3,(H,21,24). The van der Waals surface area contributed by atoms with Gasteiger partial charge in [0, 0.05) is 12.7 Å². The molecule has 0 radical (unpaired) electrons. The lowest BCUT2D eigenvalue weighted by Crippen LogP contribution is -2.41. The van der Waals surface area contributed by atoms with E-state index >= 15 is 0 Å². The van der Waals surface area contributed by atoms with Gasteiger partial charge < -0.3 is 15.1 Å². The summed E-state index contributed by atoms with van der Waals surface area (Å²) in [6.07, 6.45) is 0.793. The molecule has 6 nitrogen and oxygen atoms in total. The average molecular weight is 351 g/mol. The highest BCUT2D eigenvalue weighted by molar-refractivity contribution is 6.12. The van der Waals surface area contributed by atoms with E-state index in [1.165, 1.54) is 9.80 Å². The van der Waals surface area contributed by atoms with Gasteiger partial charge in [-0.05, 0) is 30.2 Å². The third kappa shape index (κ3) is 3.44. The molecule has 2 aromatic carbocycles. The first-order valence-corrected chi connectivity index (χ1v) is 8.54. The van der Waals surface area contributed by atoms with Crippen LogP contribution in [0.4, 0.5) is 11.4 Å². The molecule has 1 aliphatic heterocycles. The number of carbonyl (C=O) groups is 3. The summed E-state index contributed by atoms with van der Waals surface area (Å²) >= 11 is 0. The Kier molecular flexibility index (Phi) is 5.02. The van der Waals surface area contributed by atoms with Gasteiger partial charge in [-0.1, -0.05) is 37.3 Å². The predicted molar refractivity (Wildman–Crippen MR) is 100 cm³/mol. The summed E-state index contributed by atoms with van der Waals surface area (Å²) < 4.78 is 0. The summed E-state index contributed by atoms with van der Waals surface area (Å²) in [5, 5.41) is 2.87. The van der Waals surface area contributed by atoms with Gasteiger partial charge in [0.1, 0.15) is 13.1 Å². The molecule has 0 spiro atoms. The van der Waals surface area contributed by atoms with E-state index in [9.17, 15) is 14.4 Å². The first-order valence-electron chi connectivity index (χ1n) is 8.54. The topological polar surface area (TPSA) is 69.7 Å². The Hall–Kier alpha value is -3.15. The van der Waals surface area contributed by atoms with Gasteiger partial charge in [0.2, 0.25) is 11.8 Å². The summed E-state index contributed by atoms with van der Waals surface area (Å²) in [6.45, 7) is 1.81. The maximum Gasteiger partial charge on any atom is 0.256 e. The molecule has 0 saturated heterocycles. The molecular formula is C20H21N3O3. The van der Waals surface area contributed by atoms with Crippen LogP contribution in [0.25, 0.3) is 0 Å². The molecule has 0 unspecified atom stereocenters. The van der Waals surface area contributed by atoms with Crippen molar-refractivity contribution in [1.82, 2.24) is 4.90 Å². The van der Waals surface area contributed by atoms with E-state index in [2.05, 4.69) is 5.32 Å². The number of rotatable bonds is 4. The highest BCUT2D eigenvalue weighted by Crippen LogP contribution is 2.25. The minimum absolute atomic E-state index is 0.0632. The molecule has 1 aliphatic rings. The van der Waals surface area contributed by atoms with Gasteiger partial charge in [0.05, 0.1) is 11.3 Å². The minimum atomic E-state index is -0.300. The number of hydrogen-bond donors (Lipinski definition) is 1. The van der Waals surface area contributed by atoms with Crippen LogP contribution in [0.2, 0.25) is 0 Å². The molecule has 0 aliphatic carbocycles. The van der Waals surface area contributed by atoms with Crippen molar-refractivity contribution in [2.45, 2.75) is 13.3 Å². The van der Waals surface area contributed by atoms with Crippen molar-refractivity contribution in [1.29, 1.82) is 0 Å². The van der Waals surface area contributed by atoms with Crippen molar-refractivity contribution in [3.05, 3.63) is 59.7 Å². The van der Waals surface area contributed by atoms with Gasteiger partial charge in [-0.25, -0.2) is 0 Å². The molecule has 3 amide bonds. The Balaban J connectivity index is 1.86. The fraction of sp³-hybridized carbons (Fsp3) is 0.250. The van der Waals surface area contributed by atoms with E-state index in [4.69, 9.17) is 0 Å². The van der Waals surface area contributed by atoms with E-state index in [1.807, 2.05) is 31.2 Å². The van der Waals surface area contributed by atoms with Crippen LogP contribution in [0.1, 0.15) is 22.8 Å². The Labute approximate surface area is 152 Å². The molecule has 26 heavy (non-hydrogen) atoms. The van der Waals surface area contributed by atoms with Crippen molar-refractivity contribution in [2.75, 3.05) is 30.4 Å². The second-order valence-corrected chi connectivity index (χ2v) is 6.22. The van der Waals surface area contributed by atoms with Gasteiger partial charge in [0.15, 0.2) is 0 Å². The van der Waals surface area contributed by atoms with Crippen molar-refractivity contribution < 1.29 is 14.4 Å². The molecule has 0 fully saturated rings. The molecule has 0 saturated carbocycles. The van der Waals surface area contributed by atoms with Gasteiger partial charge >= 0.3 is 0 Å². The number of nitrogens with zero attached hydrogens (tertiary/aromatic N) is 2. The Morgan fingerprint density at radius 3 is 2.54 bits per heavy atom. The van der Waals surface area contributed by atoms with Gasteiger partial charge in [-0.3, -0.25) is 14.4 Å². The molecule has 2 aromatic rings. The normalized spacial score (nSPS) is 14.1. The lowest BCUT2D eigenvalue weighted by molar-refractivity contribution is -0.121. The Morgan fingerprint density at radius 2 is 1.77 bits per heavy atom. The molecule has 1 heterocycles. The number of aryl methyl sites for hydroxylation is 1. The van der Waals surface area contributed by atoms with Gasteiger partial charge in [0.25, 0.3) is 5.91 Å². The highest BCUT2D eigenvalue weighted by Gasteiger charge is 2.30. The van der Waals surface area contributed by atoms with E-state index in [0.29, 0.717) is 11.3 Å². The van der Waals surface area contributed by atoms with Crippen LogP contribution in [0.15, 0.2) is 48.5 Å². The van der Waals surface area contributed by atoms with E-state index < -0.39 is 0 Å². The minimum Gasteiger partial charge on any atom is -0.332 e. The third-order valence-electron chi connectivity index (χ3n) is 4.42.